The van der Waals surface area contributed by atoms with Crippen LogP contribution in [0.15, 0.2) is 42.7 Å². The fourth-order valence-corrected chi connectivity index (χ4v) is 3.73. The normalized spacial score (nSPS) is 14.9. The first-order valence-corrected chi connectivity index (χ1v) is 9.24. The lowest BCUT2D eigenvalue weighted by molar-refractivity contribution is 0.585. The molecule has 3 N–H and O–H groups in total. The van der Waals surface area contributed by atoms with Gasteiger partial charge in [-0.2, -0.15) is 9.61 Å². The summed E-state index contributed by atoms with van der Waals surface area (Å²) >= 11 is 6.52. The maximum Gasteiger partial charge on any atom is 0.167 e. The first kappa shape index (κ1) is 16.3. The molecule has 0 spiro atoms. The van der Waals surface area contributed by atoms with E-state index in [4.69, 9.17) is 22.3 Å². The van der Waals surface area contributed by atoms with Crippen LogP contribution in [0.4, 0.5) is 11.6 Å². The summed E-state index contributed by atoms with van der Waals surface area (Å²) in [5.74, 6) is 1.11. The number of para-hydroxylation sites is 1. The third-order valence-corrected chi connectivity index (χ3v) is 5.29. The van der Waals surface area contributed by atoms with E-state index in [0.29, 0.717) is 22.3 Å². The lowest BCUT2D eigenvalue weighted by atomic mass is 10.1. The molecule has 1 aliphatic heterocycles. The molecule has 136 valence electrons. The monoisotopic (exact) mass is 379 g/mol. The van der Waals surface area contributed by atoms with Crippen LogP contribution in [0.25, 0.3) is 27.7 Å². The molecule has 0 aliphatic carbocycles. The second-order valence-corrected chi connectivity index (χ2v) is 6.96. The van der Waals surface area contributed by atoms with E-state index in [0.717, 1.165) is 48.2 Å². The largest absolute Gasteiger partial charge is 0.382 e. The van der Waals surface area contributed by atoms with Gasteiger partial charge in [0.1, 0.15) is 10.8 Å². The van der Waals surface area contributed by atoms with Gasteiger partial charge < -0.3 is 16.0 Å². The predicted octanol–water partition coefficient (Wildman–Crippen LogP) is 2.59. The summed E-state index contributed by atoms with van der Waals surface area (Å²) in [6.45, 7) is 3.46. The molecule has 1 fully saturated rings. The van der Waals surface area contributed by atoms with Crippen LogP contribution in [0.1, 0.15) is 0 Å². The Bertz CT molecular complexity index is 1150. The number of nitrogen functional groups attached to an aromatic ring is 1. The Hall–Kier alpha value is -2.90. The number of pyridine rings is 1. The molecule has 8 heteroatoms. The van der Waals surface area contributed by atoms with Gasteiger partial charge >= 0.3 is 0 Å². The van der Waals surface area contributed by atoms with Gasteiger partial charge in [-0.05, 0) is 12.1 Å². The highest BCUT2D eigenvalue weighted by atomic mass is 35.5. The fraction of sp³-hybridized carbons (Fsp3) is 0.211. The number of hydrogen-bond acceptors (Lipinski definition) is 6. The molecule has 7 nitrogen and oxygen atoms in total. The number of anilines is 2. The zero-order chi connectivity index (χ0) is 18.4. The van der Waals surface area contributed by atoms with Gasteiger partial charge in [-0.1, -0.05) is 29.8 Å². The van der Waals surface area contributed by atoms with Gasteiger partial charge in [-0.15, -0.1) is 0 Å². The molecular formula is C19H18ClN7. The van der Waals surface area contributed by atoms with Crippen LogP contribution < -0.4 is 16.0 Å². The molecule has 1 aromatic carbocycles. The third kappa shape index (κ3) is 2.67. The molecule has 4 heterocycles. The minimum Gasteiger partial charge on any atom is -0.382 e. The zero-order valence-electron chi connectivity index (χ0n) is 14.6. The molecule has 0 unspecified atom stereocenters. The van der Waals surface area contributed by atoms with Crippen molar-refractivity contribution in [2.45, 2.75) is 0 Å². The number of piperazine rings is 1. The molecule has 0 atom stereocenters. The smallest absolute Gasteiger partial charge is 0.167 e. The highest BCUT2D eigenvalue weighted by molar-refractivity contribution is 6.35. The standard InChI is InChI=1S/C19H18ClN7/c20-16-17(21)27-18(25-19(16)26-7-5-22-6-8-26)14(11-24-27)13-9-12-3-1-2-4-15(12)23-10-13/h1-4,9-11,22H,5-8,21H2. The summed E-state index contributed by atoms with van der Waals surface area (Å²) in [6, 6.07) is 10.1. The SMILES string of the molecule is Nc1c(Cl)c(N2CCNCC2)nc2c(-c3cnc4ccccc4c3)cnn12. The van der Waals surface area contributed by atoms with Crippen molar-refractivity contribution < 1.29 is 0 Å². The van der Waals surface area contributed by atoms with Crippen LogP contribution in [0, 0.1) is 0 Å². The number of fused-ring (bicyclic) bond motifs is 2. The van der Waals surface area contributed by atoms with E-state index >= 15 is 0 Å². The highest BCUT2D eigenvalue weighted by Crippen LogP contribution is 2.34. The second-order valence-electron chi connectivity index (χ2n) is 6.58. The van der Waals surface area contributed by atoms with Crippen molar-refractivity contribution in [1.82, 2.24) is 24.9 Å². The van der Waals surface area contributed by atoms with Crippen molar-refractivity contribution in [3.63, 3.8) is 0 Å². The molecule has 27 heavy (non-hydrogen) atoms. The van der Waals surface area contributed by atoms with Crippen molar-refractivity contribution >= 4 is 39.8 Å². The second kappa shape index (κ2) is 6.37. The van der Waals surface area contributed by atoms with E-state index < -0.39 is 0 Å². The number of hydrogen-bond donors (Lipinski definition) is 2. The lowest BCUT2D eigenvalue weighted by Gasteiger charge is -2.29. The van der Waals surface area contributed by atoms with Crippen LogP contribution >= 0.6 is 11.6 Å². The van der Waals surface area contributed by atoms with Crippen molar-refractivity contribution in [3.8, 4) is 11.1 Å². The Balaban J connectivity index is 1.69. The number of nitrogens with zero attached hydrogens (tertiary/aromatic N) is 5. The lowest BCUT2D eigenvalue weighted by Crippen LogP contribution is -2.44. The summed E-state index contributed by atoms with van der Waals surface area (Å²) in [6.07, 6.45) is 3.61. The maximum absolute atomic E-state index is 6.52. The van der Waals surface area contributed by atoms with Gasteiger partial charge in [0.25, 0.3) is 0 Å². The molecule has 0 saturated carbocycles. The van der Waals surface area contributed by atoms with E-state index in [-0.39, 0.29) is 0 Å². The van der Waals surface area contributed by atoms with Crippen molar-refractivity contribution in [3.05, 3.63) is 47.7 Å². The molecule has 0 radical (unpaired) electrons. The summed E-state index contributed by atoms with van der Waals surface area (Å²) < 4.78 is 1.60. The highest BCUT2D eigenvalue weighted by Gasteiger charge is 2.21. The van der Waals surface area contributed by atoms with Gasteiger partial charge in [0.05, 0.1) is 11.7 Å². The number of halogens is 1. The number of rotatable bonds is 2. The van der Waals surface area contributed by atoms with Gasteiger partial charge in [0.15, 0.2) is 11.5 Å². The number of nitrogens with two attached hydrogens (primary N) is 1. The Morgan fingerprint density at radius 2 is 1.93 bits per heavy atom. The summed E-state index contributed by atoms with van der Waals surface area (Å²) in [4.78, 5) is 11.5. The Kier molecular flexibility index (Phi) is 3.84. The molecule has 0 amide bonds. The number of nitrogens with one attached hydrogen (secondary N) is 1. The average Bonchev–Trinajstić information content (AvgIpc) is 3.15. The molecule has 3 aromatic heterocycles. The maximum atomic E-state index is 6.52. The summed E-state index contributed by atoms with van der Waals surface area (Å²) in [7, 11) is 0. The van der Waals surface area contributed by atoms with Crippen molar-refractivity contribution in [1.29, 1.82) is 0 Å². The predicted molar refractivity (Wildman–Crippen MR) is 108 cm³/mol. The average molecular weight is 380 g/mol. The number of aromatic nitrogens is 4. The quantitative estimate of drug-likeness (QED) is 0.557. The zero-order valence-corrected chi connectivity index (χ0v) is 15.3. The van der Waals surface area contributed by atoms with E-state index in [1.807, 2.05) is 30.5 Å². The van der Waals surface area contributed by atoms with Gasteiger partial charge in [0, 0.05) is 48.9 Å². The first-order valence-electron chi connectivity index (χ1n) is 8.86. The van der Waals surface area contributed by atoms with E-state index in [2.05, 4.69) is 26.4 Å². The van der Waals surface area contributed by atoms with Crippen LogP contribution in [0.2, 0.25) is 5.02 Å². The van der Waals surface area contributed by atoms with Crippen molar-refractivity contribution in [2.24, 2.45) is 0 Å². The minimum atomic E-state index is 0.398. The molecule has 0 bridgehead atoms. The summed E-state index contributed by atoms with van der Waals surface area (Å²) in [5, 5.41) is 9.25. The Morgan fingerprint density at radius 1 is 1.11 bits per heavy atom. The van der Waals surface area contributed by atoms with Crippen LogP contribution in [-0.2, 0) is 0 Å². The van der Waals surface area contributed by atoms with Crippen LogP contribution in [0.3, 0.4) is 0 Å². The van der Waals surface area contributed by atoms with E-state index in [9.17, 15) is 0 Å². The topological polar surface area (TPSA) is 84.4 Å². The van der Waals surface area contributed by atoms with Crippen LogP contribution in [-0.4, -0.2) is 45.8 Å². The Morgan fingerprint density at radius 3 is 2.78 bits per heavy atom. The molecular weight excluding hydrogens is 362 g/mol. The summed E-state index contributed by atoms with van der Waals surface area (Å²) in [5.41, 5.74) is 9.75. The fourth-order valence-electron chi connectivity index (χ4n) is 3.49. The minimum absolute atomic E-state index is 0.398. The third-order valence-electron chi connectivity index (χ3n) is 4.92. The molecule has 5 rings (SSSR count). The van der Waals surface area contributed by atoms with Gasteiger partial charge in [-0.3, -0.25) is 4.98 Å². The molecule has 4 aromatic rings. The van der Waals surface area contributed by atoms with Gasteiger partial charge in [-0.25, -0.2) is 4.98 Å². The van der Waals surface area contributed by atoms with Gasteiger partial charge in [0.2, 0.25) is 0 Å². The van der Waals surface area contributed by atoms with E-state index in [1.54, 1.807) is 10.7 Å². The number of benzene rings is 1. The first-order chi connectivity index (χ1) is 13.2. The van der Waals surface area contributed by atoms with Crippen molar-refractivity contribution in [2.75, 3.05) is 36.8 Å². The molecule has 1 aliphatic rings. The Labute approximate surface area is 160 Å². The molecule has 1 saturated heterocycles. The van der Waals surface area contributed by atoms with E-state index in [1.165, 1.54) is 0 Å². The van der Waals surface area contributed by atoms with Crippen LogP contribution in [0.5, 0.6) is 0 Å².